The Hall–Kier alpha value is -2.53. The van der Waals surface area contributed by atoms with Crippen molar-refractivity contribution in [3.05, 3.63) is 75.9 Å². The number of hydrogen-bond acceptors (Lipinski definition) is 3. The lowest BCUT2D eigenvalue weighted by atomic mass is 10.1. The van der Waals surface area contributed by atoms with E-state index >= 15 is 0 Å². The first-order chi connectivity index (χ1) is 11.1. The number of para-hydroxylation sites is 1. The zero-order valence-corrected chi connectivity index (χ0v) is 14.0. The predicted octanol–water partition coefficient (Wildman–Crippen LogP) is 4.07. The molecular formula is C18H14BrN3O. The first kappa shape index (κ1) is 15.4. The Morgan fingerprint density at radius 3 is 2.70 bits per heavy atom. The number of aromatic nitrogens is 1. The summed E-state index contributed by atoms with van der Waals surface area (Å²) in [6, 6.07) is 17.0. The van der Waals surface area contributed by atoms with Gasteiger partial charge in [0.05, 0.1) is 17.3 Å². The number of pyridine rings is 1. The molecule has 0 unspecified atom stereocenters. The molecule has 0 aliphatic carbocycles. The van der Waals surface area contributed by atoms with Crippen LogP contribution < -0.4 is 5.43 Å². The highest BCUT2D eigenvalue weighted by Gasteiger charge is 2.10. The third-order valence-corrected chi connectivity index (χ3v) is 3.87. The molecule has 0 aliphatic heterocycles. The van der Waals surface area contributed by atoms with Gasteiger partial charge in [0.25, 0.3) is 5.91 Å². The highest BCUT2D eigenvalue weighted by atomic mass is 79.9. The molecule has 3 aromatic rings. The van der Waals surface area contributed by atoms with Gasteiger partial charge < -0.3 is 0 Å². The summed E-state index contributed by atoms with van der Waals surface area (Å²) in [5, 5.41) is 4.84. The molecule has 1 N–H and O–H groups in total. The van der Waals surface area contributed by atoms with Crippen LogP contribution in [0.5, 0.6) is 0 Å². The van der Waals surface area contributed by atoms with Crippen LogP contribution in [-0.4, -0.2) is 17.1 Å². The molecule has 0 saturated carbocycles. The second kappa shape index (κ2) is 6.71. The maximum absolute atomic E-state index is 12.4. The molecule has 0 spiro atoms. The normalized spacial score (nSPS) is 11.0. The number of amides is 1. The van der Waals surface area contributed by atoms with Gasteiger partial charge in [-0.05, 0) is 36.8 Å². The molecule has 1 amide bonds. The molecule has 0 fully saturated rings. The fourth-order valence-corrected chi connectivity index (χ4v) is 2.53. The summed E-state index contributed by atoms with van der Waals surface area (Å²) in [6.45, 7) is 1.87. The number of halogens is 1. The highest BCUT2D eigenvalue weighted by Crippen LogP contribution is 2.18. The molecule has 4 nitrogen and oxygen atoms in total. The Morgan fingerprint density at radius 1 is 1.17 bits per heavy atom. The van der Waals surface area contributed by atoms with Gasteiger partial charge in [-0.25, -0.2) is 5.43 Å². The van der Waals surface area contributed by atoms with Crippen LogP contribution in [-0.2, 0) is 0 Å². The fourth-order valence-electron chi connectivity index (χ4n) is 2.27. The van der Waals surface area contributed by atoms with E-state index in [9.17, 15) is 4.79 Å². The summed E-state index contributed by atoms with van der Waals surface area (Å²) in [5.41, 5.74) is 5.65. The van der Waals surface area contributed by atoms with E-state index in [2.05, 4.69) is 31.4 Å². The number of aryl methyl sites for hydroxylation is 1. The van der Waals surface area contributed by atoms with Crippen LogP contribution in [0.2, 0.25) is 0 Å². The minimum Gasteiger partial charge on any atom is -0.267 e. The number of hydrogen-bond donors (Lipinski definition) is 1. The van der Waals surface area contributed by atoms with E-state index in [0.29, 0.717) is 5.56 Å². The van der Waals surface area contributed by atoms with Gasteiger partial charge in [0.2, 0.25) is 0 Å². The quantitative estimate of drug-likeness (QED) is 0.560. The van der Waals surface area contributed by atoms with E-state index in [0.717, 1.165) is 26.6 Å². The lowest BCUT2D eigenvalue weighted by Gasteiger charge is -2.06. The van der Waals surface area contributed by atoms with E-state index < -0.39 is 0 Å². The molecule has 2 aromatic carbocycles. The Kier molecular flexibility index (Phi) is 4.48. The van der Waals surface area contributed by atoms with Gasteiger partial charge in [-0.3, -0.25) is 9.78 Å². The van der Waals surface area contributed by atoms with Gasteiger partial charge in [0.15, 0.2) is 0 Å². The highest BCUT2D eigenvalue weighted by molar-refractivity contribution is 9.10. The largest absolute Gasteiger partial charge is 0.272 e. The molecule has 1 aromatic heterocycles. The number of carbonyl (C=O) groups is 1. The number of nitrogens with zero attached hydrogens (tertiary/aromatic N) is 2. The number of carbonyl (C=O) groups excluding carboxylic acids is 1. The van der Waals surface area contributed by atoms with Crippen molar-refractivity contribution in [3.63, 3.8) is 0 Å². The first-order valence-corrected chi connectivity index (χ1v) is 7.88. The van der Waals surface area contributed by atoms with E-state index in [1.54, 1.807) is 12.3 Å². The average Bonchev–Trinajstić information content (AvgIpc) is 2.55. The Labute approximate surface area is 142 Å². The van der Waals surface area contributed by atoms with Crippen molar-refractivity contribution in [1.82, 2.24) is 10.4 Å². The van der Waals surface area contributed by atoms with Crippen LogP contribution in [0.15, 0.2) is 64.2 Å². The molecule has 3 rings (SSSR count). The van der Waals surface area contributed by atoms with E-state index in [4.69, 9.17) is 0 Å². The minimum atomic E-state index is -0.250. The zero-order valence-electron chi connectivity index (χ0n) is 12.5. The number of rotatable bonds is 3. The first-order valence-electron chi connectivity index (χ1n) is 7.09. The van der Waals surface area contributed by atoms with Crippen LogP contribution in [0, 0.1) is 6.92 Å². The second-order valence-electron chi connectivity index (χ2n) is 5.08. The monoisotopic (exact) mass is 367 g/mol. The summed E-state index contributed by atoms with van der Waals surface area (Å²) < 4.78 is 0.998. The summed E-state index contributed by atoms with van der Waals surface area (Å²) in [4.78, 5) is 16.8. The summed E-state index contributed by atoms with van der Waals surface area (Å²) >= 11 is 3.38. The van der Waals surface area contributed by atoms with E-state index in [1.807, 2.05) is 55.5 Å². The molecule has 23 heavy (non-hydrogen) atoms. The van der Waals surface area contributed by atoms with Gasteiger partial charge >= 0.3 is 0 Å². The summed E-state index contributed by atoms with van der Waals surface area (Å²) in [6.07, 6.45) is 1.61. The number of fused-ring (bicyclic) bond motifs is 1. The van der Waals surface area contributed by atoms with Crippen molar-refractivity contribution in [2.45, 2.75) is 6.92 Å². The Balaban J connectivity index is 1.82. The minimum absolute atomic E-state index is 0.250. The number of hydrazone groups is 1. The molecule has 0 saturated heterocycles. The van der Waals surface area contributed by atoms with Crippen LogP contribution >= 0.6 is 15.9 Å². The summed E-state index contributed by atoms with van der Waals surface area (Å²) in [5.74, 6) is -0.250. The van der Waals surface area contributed by atoms with E-state index in [1.165, 1.54) is 0 Å². The Morgan fingerprint density at radius 2 is 1.91 bits per heavy atom. The lowest BCUT2D eigenvalue weighted by molar-refractivity contribution is 0.0956. The second-order valence-corrected chi connectivity index (χ2v) is 5.99. The van der Waals surface area contributed by atoms with Crippen molar-refractivity contribution in [2.24, 2.45) is 5.10 Å². The fraction of sp³-hybridized carbons (Fsp3) is 0.0556. The van der Waals surface area contributed by atoms with Gasteiger partial charge in [-0.15, -0.1) is 0 Å². The average molecular weight is 368 g/mol. The Bertz CT molecular complexity index is 888. The van der Waals surface area contributed by atoms with E-state index in [-0.39, 0.29) is 5.91 Å². The molecule has 114 valence electrons. The van der Waals surface area contributed by atoms with Crippen molar-refractivity contribution in [1.29, 1.82) is 0 Å². The zero-order chi connectivity index (χ0) is 16.2. The van der Waals surface area contributed by atoms with Crippen molar-refractivity contribution in [3.8, 4) is 0 Å². The molecule has 1 heterocycles. The maximum Gasteiger partial charge on any atom is 0.272 e. The maximum atomic E-state index is 12.4. The van der Waals surface area contributed by atoms with Crippen LogP contribution in [0.4, 0.5) is 0 Å². The summed E-state index contributed by atoms with van der Waals surface area (Å²) in [7, 11) is 0. The SMILES string of the molecule is Cc1cc(C(=O)NN=Cc2ccc(Br)cc2)c2ccccc2n1. The van der Waals surface area contributed by atoms with Gasteiger partial charge in [0, 0.05) is 15.6 Å². The van der Waals surface area contributed by atoms with Crippen molar-refractivity contribution >= 4 is 39.0 Å². The van der Waals surface area contributed by atoms with Crippen LogP contribution in [0.25, 0.3) is 10.9 Å². The number of nitrogens with one attached hydrogen (secondary N) is 1. The smallest absolute Gasteiger partial charge is 0.267 e. The van der Waals surface area contributed by atoms with Crippen molar-refractivity contribution in [2.75, 3.05) is 0 Å². The molecule has 0 atom stereocenters. The van der Waals surface area contributed by atoms with Gasteiger partial charge in [0.1, 0.15) is 0 Å². The number of benzene rings is 2. The van der Waals surface area contributed by atoms with Crippen LogP contribution in [0.1, 0.15) is 21.6 Å². The topological polar surface area (TPSA) is 54.4 Å². The van der Waals surface area contributed by atoms with Gasteiger partial charge in [-0.2, -0.15) is 5.10 Å². The van der Waals surface area contributed by atoms with Gasteiger partial charge in [-0.1, -0.05) is 46.3 Å². The molecule has 5 heteroatoms. The van der Waals surface area contributed by atoms with Crippen LogP contribution in [0.3, 0.4) is 0 Å². The standard InChI is InChI=1S/C18H14BrN3O/c1-12-10-16(15-4-2-3-5-17(15)21-12)18(23)22-20-11-13-6-8-14(19)9-7-13/h2-11H,1H3,(H,22,23). The molecule has 0 bridgehead atoms. The lowest BCUT2D eigenvalue weighted by Crippen LogP contribution is -2.18. The third kappa shape index (κ3) is 3.63. The third-order valence-electron chi connectivity index (χ3n) is 3.34. The predicted molar refractivity (Wildman–Crippen MR) is 95.7 cm³/mol. The molecular weight excluding hydrogens is 354 g/mol. The molecule has 0 radical (unpaired) electrons. The van der Waals surface area contributed by atoms with Crippen molar-refractivity contribution < 1.29 is 4.79 Å². The molecule has 0 aliphatic rings.